The van der Waals surface area contributed by atoms with Crippen molar-refractivity contribution in [2.45, 2.75) is 64.0 Å². The van der Waals surface area contributed by atoms with Crippen LogP contribution in [0.4, 0.5) is 19.1 Å². The molecule has 0 spiro atoms. The molecule has 1 N–H and O–H groups in total. The van der Waals surface area contributed by atoms with E-state index in [0.717, 1.165) is 24.7 Å². The van der Waals surface area contributed by atoms with Crippen LogP contribution < -0.4 is 15.6 Å². The van der Waals surface area contributed by atoms with E-state index < -0.39 is 23.7 Å². The first-order chi connectivity index (χ1) is 19.0. The van der Waals surface area contributed by atoms with Crippen LogP contribution >= 0.6 is 15.9 Å². The van der Waals surface area contributed by atoms with E-state index in [1.165, 1.54) is 21.6 Å². The molecule has 40 heavy (non-hydrogen) atoms. The number of alkyl halides is 3. The first-order valence-electron chi connectivity index (χ1n) is 12.9. The number of anilines is 1. The molecule has 2 unspecified atom stereocenters. The Morgan fingerprint density at radius 3 is 2.55 bits per heavy atom. The van der Waals surface area contributed by atoms with Gasteiger partial charge in [0.05, 0.1) is 29.6 Å². The molecule has 3 aromatic rings. The Hall–Kier alpha value is -3.60. The van der Waals surface area contributed by atoms with Crippen molar-refractivity contribution in [3.8, 4) is 11.4 Å². The van der Waals surface area contributed by atoms with Gasteiger partial charge in [-0.25, -0.2) is 9.55 Å². The van der Waals surface area contributed by atoms with Crippen molar-refractivity contribution in [2.24, 2.45) is 0 Å². The minimum atomic E-state index is -4.62. The van der Waals surface area contributed by atoms with Crippen LogP contribution in [0.3, 0.4) is 0 Å². The predicted octanol–water partition coefficient (Wildman–Crippen LogP) is 6.13. The minimum absolute atomic E-state index is 0.0197. The van der Waals surface area contributed by atoms with Gasteiger partial charge in [0.15, 0.2) is 0 Å². The molecule has 11 heteroatoms. The van der Waals surface area contributed by atoms with Crippen LogP contribution in [0.15, 0.2) is 64.4 Å². The number of amides is 1. The summed E-state index contributed by atoms with van der Waals surface area (Å²) in [5.41, 5.74) is 0.158. The summed E-state index contributed by atoms with van der Waals surface area (Å²) in [7, 11) is 0. The van der Waals surface area contributed by atoms with Crippen LogP contribution in [0.5, 0.6) is 5.75 Å². The highest BCUT2D eigenvalue weighted by atomic mass is 79.9. The fourth-order valence-corrected chi connectivity index (χ4v) is 5.09. The van der Waals surface area contributed by atoms with Gasteiger partial charge in [0, 0.05) is 27.7 Å². The minimum Gasteiger partial charge on any atom is -0.490 e. The molecule has 7 nitrogen and oxygen atoms in total. The van der Waals surface area contributed by atoms with Gasteiger partial charge in [0.25, 0.3) is 11.5 Å². The van der Waals surface area contributed by atoms with Crippen molar-refractivity contribution in [2.75, 3.05) is 5.32 Å². The Balaban J connectivity index is 1.51. The monoisotopic (exact) mass is 616 g/mol. The van der Waals surface area contributed by atoms with Crippen molar-refractivity contribution in [3.63, 3.8) is 0 Å². The number of benzene rings is 2. The maximum absolute atomic E-state index is 13.9. The topological polar surface area (TPSA) is 76.5 Å². The summed E-state index contributed by atoms with van der Waals surface area (Å²) in [5, 5.41) is 3.19. The van der Waals surface area contributed by atoms with Gasteiger partial charge < -0.3 is 15.0 Å². The number of halogens is 4. The zero-order valence-electron chi connectivity index (χ0n) is 22.0. The highest BCUT2D eigenvalue weighted by molar-refractivity contribution is 9.10. The van der Waals surface area contributed by atoms with Gasteiger partial charge in [-0.3, -0.25) is 9.59 Å². The third-order valence-electron chi connectivity index (χ3n) is 7.03. The van der Waals surface area contributed by atoms with E-state index in [4.69, 9.17) is 9.72 Å². The number of hydrogen-bond acceptors (Lipinski definition) is 5. The Morgan fingerprint density at radius 1 is 1.23 bits per heavy atom. The maximum Gasteiger partial charge on any atom is 0.417 e. The summed E-state index contributed by atoms with van der Waals surface area (Å²) in [6, 6.07) is 9.97. The standard InChI is InChI=1S/C29H28BrF3N4O3/c1-4-16(2)34-28-35-25-15-36(26(38)18-5-12-24(30)23(14-18)29(31,32)33)17(3)13-22(25)27(39)37(28)19-6-8-20(9-7-19)40-21-10-11-21/h4-9,12,14,16-17,21H,1,10-11,13,15H2,2-3H3,(H,34,35). The van der Waals surface area contributed by atoms with Crippen LogP contribution in [0.1, 0.15) is 53.9 Å². The van der Waals surface area contributed by atoms with E-state index in [9.17, 15) is 22.8 Å². The van der Waals surface area contributed by atoms with Crippen LogP contribution in [0.25, 0.3) is 5.69 Å². The van der Waals surface area contributed by atoms with Crippen LogP contribution in [-0.4, -0.2) is 38.5 Å². The quantitative estimate of drug-likeness (QED) is 0.323. The average Bonchev–Trinajstić information content (AvgIpc) is 3.73. The number of carbonyl (C=O) groups excluding carboxylic acids is 1. The van der Waals surface area contributed by atoms with Gasteiger partial charge in [-0.2, -0.15) is 13.2 Å². The van der Waals surface area contributed by atoms with E-state index in [1.54, 1.807) is 25.1 Å². The molecule has 1 fully saturated rings. The molecule has 1 aliphatic carbocycles. The van der Waals surface area contributed by atoms with Crippen molar-refractivity contribution in [3.05, 3.63) is 92.3 Å². The van der Waals surface area contributed by atoms with Gasteiger partial charge in [-0.15, -0.1) is 6.58 Å². The van der Waals surface area contributed by atoms with Crippen LogP contribution in [0.2, 0.25) is 0 Å². The summed E-state index contributed by atoms with van der Waals surface area (Å²) in [5.74, 6) is 0.433. The second kappa shape index (κ2) is 10.8. The molecule has 0 saturated heterocycles. The summed E-state index contributed by atoms with van der Waals surface area (Å²) in [6.45, 7) is 7.40. The molecule has 2 heterocycles. The number of rotatable bonds is 7. The molecule has 1 aliphatic heterocycles. The zero-order valence-corrected chi connectivity index (χ0v) is 23.6. The van der Waals surface area contributed by atoms with Gasteiger partial charge >= 0.3 is 6.18 Å². The van der Waals surface area contributed by atoms with Gasteiger partial charge in [-0.05, 0) is 75.6 Å². The number of carbonyl (C=O) groups is 1. The SMILES string of the molecule is C=CC(C)Nc1nc2c(c(=O)n1-c1ccc(OC3CC3)cc1)CC(C)N(C(=O)c1ccc(Br)c(C(F)(F)F)c1)C2. The third-order valence-corrected chi connectivity index (χ3v) is 7.72. The molecule has 2 atom stereocenters. The lowest BCUT2D eigenvalue weighted by Gasteiger charge is -2.35. The van der Waals surface area contributed by atoms with Crippen molar-refractivity contribution in [1.82, 2.24) is 14.5 Å². The highest BCUT2D eigenvalue weighted by Crippen LogP contribution is 2.36. The Labute approximate surface area is 237 Å². The van der Waals surface area contributed by atoms with Gasteiger partial charge in [0.2, 0.25) is 5.95 Å². The molecule has 1 amide bonds. The summed E-state index contributed by atoms with van der Waals surface area (Å²) < 4.78 is 47.6. The van der Waals surface area contributed by atoms with E-state index in [-0.39, 0.29) is 46.7 Å². The number of ether oxygens (including phenoxy) is 1. The second-order valence-electron chi connectivity index (χ2n) is 10.2. The highest BCUT2D eigenvalue weighted by Gasteiger charge is 2.36. The molecule has 1 aromatic heterocycles. The normalized spacial score (nSPS) is 17.6. The molecular formula is C29H28BrF3N4O3. The molecule has 2 aromatic carbocycles. The molecule has 2 aliphatic rings. The first-order valence-corrected chi connectivity index (χ1v) is 13.7. The number of aromatic nitrogens is 2. The van der Waals surface area contributed by atoms with E-state index >= 15 is 0 Å². The van der Waals surface area contributed by atoms with Gasteiger partial charge in [-0.1, -0.05) is 22.0 Å². The Morgan fingerprint density at radius 2 is 1.93 bits per heavy atom. The lowest BCUT2D eigenvalue weighted by molar-refractivity contribution is -0.138. The summed E-state index contributed by atoms with van der Waals surface area (Å²) in [6.07, 6.45) is -0.429. The molecular weight excluding hydrogens is 589 g/mol. The largest absolute Gasteiger partial charge is 0.490 e. The fraction of sp³-hybridized carbons (Fsp3) is 0.345. The maximum atomic E-state index is 13.9. The summed E-state index contributed by atoms with van der Waals surface area (Å²) >= 11 is 2.92. The van der Waals surface area contributed by atoms with Crippen molar-refractivity contribution < 1.29 is 22.7 Å². The van der Waals surface area contributed by atoms with E-state index in [2.05, 4.69) is 27.8 Å². The Kier molecular flexibility index (Phi) is 7.52. The molecule has 210 valence electrons. The number of fused-ring (bicyclic) bond motifs is 1. The first kappa shape index (κ1) is 27.9. The molecule has 1 saturated carbocycles. The number of nitrogens with zero attached hydrogens (tertiary/aromatic N) is 3. The fourth-order valence-electron chi connectivity index (χ4n) is 4.62. The summed E-state index contributed by atoms with van der Waals surface area (Å²) in [4.78, 5) is 33.4. The van der Waals surface area contributed by atoms with E-state index in [1.807, 2.05) is 19.1 Å². The zero-order chi connectivity index (χ0) is 28.8. The molecule has 0 radical (unpaired) electrons. The number of hydrogen-bond donors (Lipinski definition) is 1. The van der Waals surface area contributed by atoms with Gasteiger partial charge in [0.1, 0.15) is 5.75 Å². The average molecular weight is 617 g/mol. The second-order valence-corrected chi connectivity index (χ2v) is 11.0. The van der Waals surface area contributed by atoms with Crippen LogP contribution in [-0.2, 0) is 19.1 Å². The predicted molar refractivity (Wildman–Crippen MR) is 149 cm³/mol. The molecule has 0 bridgehead atoms. The lowest BCUT2D eigenvalue weighted by Crippen LogP contribution is -2.46. The Bertz CT molecular complexity index is 1520. The third kappa shape index (κ3) is 5.65. The van der Waals surface area contributed by atoms with Crippen molar-refractivity contribution >= 4 is 27.8 Å². The van der Waals surface area contributed by atoms with E-state index in [0.29, 0.717) is 16.9 Å². The van der Waals surface area contributed by atoms with Crippen molar-refractivity contribution in [1.29, 1.82) is 0 Å². The number of nitrogens with one attached hydrogen (secondary N) is 1. The molecule has 5 rings (SSSR count). The van der Waals surface area contributed by atoms with Crippen LogP contribution in [0, 0.1) is 0 Å². The lowest BCUT2D eigenvalue weighted by atomic mass is 9.98. The smallest absolute Gasteiger partial charge is 0.417 e.